The molecule has 0 aliphatic heterocycles. The summed E-state index contributed by atoms with van der Waals surface area (Å²) in [6.45, 7) is 2.34. The van der Waals surface area contributed by atoms with E-state index >= 15 is 0 Å². The maximum Gasteiger partial charge on any atom is 0.221 e. The molecule has 1 saturated carbocycles. The zero-order chi connectivity index (χ0) is 12.9. The van der Waals surface area contributed by atoms with Crippen LogP contribution in [-0.2, 0) is 15.6 Å². The Bertz CT molecular complexity index is 288. The fourth-order valence-corrected chi connectivity index (χ4v) is 2.51. The van der Waals surface area contributed by atoms with Gasteiger partial charge in [0.25, 0.3) is 0 Å². The van der Waals surface area contributed by atoms with Crippen LogP contribution in [0.3, 0.4) is 0 Å². The Hall–Kier alpha value is -0.420. The van der Waals surface area contributed by atoms with Gasteiger partial charge in [-0.25, -0.2) is 0 Å². The molecular weight excluding hydrogens is 236 g/mol. The van der Waals surface area contributed by atoms with Crippen LogP contribution in [0.1, 0.15) is 45.4 Å². The largest absolute Gasteiger partial charge is 0.355 e. The third kappa shape index (κ3) is 5.17. The minimum Gasteiger partial charge on any atom is -0.355 e. The van der Waals surface area contributed by atoms with Crippen LogP contribution in [0.2, 0.25) is 0 Å². The molecule has 0 heterocycles. The van der Waals surface area contributed by atoms with E-state index in [0.29, 0.717) is 13.0 Å². The Kier molecular flexibility index (Phi) is 5.59. The number of rotatable bonds is 5. The van der Waals surface area contributed by atoms with Gasteiger partial charge in [0, 0.05) is 40.8 Å². The van der Waals surface area contributed by atoms with E-state index in [1.165, 1.54) is 6.42 Å². The van der Waals surface area contributed by atoms with Crippen molar-refractivity contribution in [2.45, 2.75) is 56.2 Å². The molecule has 2 atom stereocenters. The fourth-order valence-electron chi connectivity index (χ4n) is 2.19. The third-order valence-corrected chi connectivity index (χ3v) is 4.82. The van der Waals surface area contributed by atoms with Crippen molar-refractivity contribution in [3.8, 4) is 0 Å². The molecule has 4 nitrogen and oxygen atoms in total. The lowest BCUT2D eigenvalue weighted by Crippen LogP contribution is -2.46. The first-order chi connectivity index (χ1) is 7.93. The van der Waals surface area contributed by atoms with Gasteiger partial charge in [0.2, 0.25) is 5.91 Å². The van der Waals surface area contributed by atoms with Gasteiger partial charge in [0.15, 0.2) is 0 Å². The monoisotopic (exact) mass is 260 g/mol. The number of nitrogens with two attached hydrogens (primary N) is 1. The van der Waals surface area contributed by atoms with Crippen LogP contribution in [0.4, 0.5) is 0 Å². The number of nitrogens with one attached hydrogen (secondary N) is 1. The van der Waals surface area contributed by atoms with E-state index in [2.05, 4.69) is 5.32 Å². The van der Waals surface area contributed by atoms with Crippen molar-refractivity contribution in [1.29, 1.82) is 0 Å². The molecule has 1 aliphatic carbocycles. The number of carbonyl (C=O) groups is 1. The highest BCUT2D eigenvalue weighted by atomic mass is 32.2. The second-order valence-electron chi connectivity index (χ2n) is 5.21. The van der Waals surface area contributed by atoms with Gasteiger partial charge in [0.05, 0.1) is 0 Å². The number of hydrogen-bond donors (Lipinski definition) is 2. The summed E-state index contributed by atoms with van der Waals surface area (Å²) in [5.41, 5.74) is 5.90. The Morgan fingerprint density at radius 2 is 2.00 bits per heavy atom. The second kappa shape index (κ2) is 6.50. The highest BCUT2D eigenvalue weighted by Crippen LogP contribution is 2.28. The van der Waals surface area contributed by atoms with Gasteiger partial charge in [-0.1, -0.05) is 19.3 Å². The first kappa shape index (κ1) is 14.6. The van der Waals surface area contributed by atoms with Crippen LogP contribution >= 0.6 is 0 Å². The van der Waals surface area contributed by atoms with Crippen LogP contribution in [0, 0.1) is 0 Å². The van der Waals surface area contributed by atoms with Crippen LogP contribution < -0.4 is 11.1 Å². The molecular formula is C12H24N2O2S. The fraction of sp³-hybridized carbons (Fsp3) is 0.917. The predicted octanol–water partition coefficient (Wildman–Crippen LogP) is 0.921. The summed E-state index contributed by atoms with van der Waals surface area (Å²) in [5, 5.41) is 2.82. The van der Waals surface area contributed by atoms with E-state index in [1.54, 1.807) is 6.26 Å². The number of hydrogen-bond acceptors (Lipinski definition) is 3. The first-order valence-electron chi connectivity index (χ1n) is 6.31. The van der Waals surface area contributed by atoms with E-state index in [-0.39, 0.29) is 16.7 Å². The summed E-state index contributed by atoms with van der Waals surface area (Å²) >= 11 is 0. The van der Waals surface area contributed by atoms with Crippen molar-refractivity contribution < 1.29 is 9.00 Å². The van der Waals surface area contributed by atoms with Gasteiger partial charge in [0.1, 0.15) is 0 Å². The molecule has 0 bridgehead atoms. The highest BCUT2D eigenvalue weighted by Gasteiger charge is 2.29. The molecule has 17 heavy (non-hydrogen) atoms. The quantitative estimate of drug-likeness (QED) is 0.772. The molecule has 0 spiro atoms. The Labute approximate surface area is 106 Å². The molecule has 2 unspecified atom stereocenters. The molecule has 5 heteroatoms. The molecule has 1 amide bonds. The molecule has 1 rings (SSSR count). The molecule has 0 aromatic carbocycles. The molecule has 0 aromatic rings. The summed E-state index contributed by atoms with van der Waals surface area (Å²) < 4.78 is 11.1. The van der Waals surface area contributed by atoms with E-state index in [9.17, 15) is 9.00 Å². The maximum atomic E-state index is 11.8. The lowest BCUT2D eigenvalue weighted by atomic mass is 9.80. The number of amides is 1. The normalized spacial score (nSPS) is 22.8. The summed E-state index contributed by atoms with van der Waals surface area (Å²) in [7, 11) is -0.890. The van der Waals surface area contributed by atoms with E-state index in [4.69, 9.17) is 5.73 Å². The molecule has 1 fully saturated rings. The van der Waals surface area contributed by atoms with Crippen LogP contribution in [0.15, 0.2) is 0 Å². The first-order valence-corrected chi connectivity index (χ1v) is 7.93. The van der Waals surface area contributed by atoms with Crippen LogP contribution in [-0.4, -0.2) is 33.7 Å². The van der Waals surface area contributed by atoms with Gasteiger partial charge in [-0.2, -0.15) is 0 Å². The minimum atomic E-state index is -0.890. The highest BCUT2D eigenvalue weighted by molar-refractivity contribution is 7.84. The second-order valence-corrected chi connectivity index (χ2v) is 7.02. The minimum absolute atomic E-state index is 0.000898. The smallest absolute Gasteiger partial charge is 0.221 e. The summed E-state index contributed by atoms with van der Waals surface area (Å²) in [4.78, 5) is 11.8. The van der Waals surface area contributed by atoms with Crippen molar-refractivity contribution in [3.63, 3.8) is 0 Å². The number of carbonyl (C=O) groups excluding carboxylic acids is 1. The predicted molar refractivity (Wildman–Crippen MR) is 71.2 cm³/mol. The van der Waals surface area contributed by atoms with Gasteiger partial charge in [-0.15, -0.1) is 0 Å². The Balaban J connectivity index is 2.31. The van der Waals surface area contributed by atoms with Crippen LogP contribution in [0.5, 0.6) is 0 Å². The van der Waals surface area contributed by atoms with E-state index in [0.717, 1.165) is 25.7 Å². The van der Waals surface area contributed by atoms with Crippen molar-refractivity contribution in [1.82, 2.24) is 5.32 Å². The van der Waals surface area contributed by atoms with Crippen LogP contribution in [0.25, 0.3) is 0 Å². The molecule has 0 radical (unpaired) electrons. The summed E-state index contributed by atoms with van der Waals surface area (Å²) in [6.07, 6.45) is 7.41. The molecule has 0 saturated heterocycles. The van der Waals surface area contributed by atoms with Crippen molar-refractivity contribution in [2.75, 3.05) is 12.8 Å². The van der Waals surface area contributed by atoms with Gasteiger partial charge >= 0.3 is 0 Å². The van der Waals surface area contributed by atoms with Crippen molar-refractivity contribution in [3.05, 3.63) is 0 Å². The average molecular weight is 260 g/mol. The summed E-state index contributed by atoms with van der Waals surface area (Å²) in [5.74, 6) is -0.00769. The van der Waals surface area contributed by atoms with E-state index in [1.807, 2.05) is 6.92 Å². The lowest BCUT2D eigenvalue weighted by molar-refractivity contribution is -0.122. The lowest BCUT2D eigenvalue weighted by Gasteiger charge is -2.32. The van der Waals surface area contributed by atoms with Gasteiger partial charge in [-0.3, -0.25) is 9.00 Å². The molecule has 100 valence electrons. The Morgan fingerprint density at radius 1 is 1.41 bits per heavy atom. The van der Waals surface area contributed by atoms with Crippen molar-refractivity contribution in [2.24, 2.45) is 5.73 Å². The zero-order valence-corrected chi connectivity index (χ0v) is 11.6. The molecule has 0 aromatic heterocycles. The Morgan fingerprint density at radius 3 is 2.53 bits per heavy atom. The van der Waals surface area contributed by atoms with E-state index < -0.39 is 10.8 Å². The standard InChI is InChI=1S/C12H24N2O2S/c1-10(17(2)16)9-14-11(15)8-12(13)6-4-3-5-7-12/h10H,3-9,13H2,1-2H3,(H,14,15). The van der Waals surface area contributed by atoms with Crippen molar-refractivity contribution >= 4 is 16.7 Å². The molecule has 3 N–H and O–H groups in total. The third-order valence-electron chi connectivity index (χ3n) is 3.52. The zero-order valence-electron chi connectivity index (χ0n) is 10.8. The maximum absolute atomic E-state index is 11.8. The SMILES string of the molecule is CC(CNC(=O)CC1(N)CCCCC1)S(C)=O. The average Bonchev–Trinajstić information content (AvgIpc) is 2.26. The topological polar surface area (TPSA) is 72.2 Å². The molecule has 1 aliphatic rings. The van der Waals surface area contributed by atoms with Gasteiger partial charge < -0.3 is 11.1 Å². The summed E-state index contributed by atoms with van der Waals surface area (Å²) in [6, 6.07) is 0. The van der Waals surface area contributed by atoms with Gasteiger partial charge in [-0.05, 0) is 19.8 Å².